The lowest BCUT2D eigenvalue weighted by atomic mass is 10.1. The van der Waals surface area contributed by atoms with E-state index in [0.29, 0.717) is 16.8 Å². The van der Waals surface area contributed by atoms with Crippen molar-refractivity contribution in [3.63, 3.8) is 0 Å². The molecule has 0 aromatic heterocycles. The molecule has 0 spiro atoms. The molecule has 0 aliphatic carbocycles. The average Bonchev–Trinajstić information content (AvgIpc) is 2.72. The first kappa shape index (κ1) is 19.4. The predicted molar refractivity (Wildman–Crippen MR) is 114 cm³/mol. The third-order valence-electron chi connectivity index (χ3n) is 4.87. The molecular weight excluding hydrogens is 348 g/mol. The molecule has 3 rings (SSSR count). The van der Waals surface area contributed by atoms with Crippen LogP contribution >= 0.6 is 0 Å². The van der Waals surface area contributed by atoms with Crippen molar-refractivity contribution in [2.45, 2.75) is 13.8 Å². The van der Waals surface area contributed by atoms with Crippen LogP contribution in [-0.2, 0) is 0 Å². The molecule has 142 valence electrons. The highest BCUT2D eigenvalue weighted by Gasteiger charge is 2.23. The van der Waals surface area contributed by atoms with Gasteiger partial charge in [-0.1, -0.05) is 42.5 Å². The van der Waals surface area contributed by atoms with Gasteiger partial charge < -0.3 is 9.80 Å². The summed E-state index contributed by atoms with van der Waals surface area (Å²) in [5.41, 5.74) is 4.49. The first-order valence-corrected chi connectivity index (χ1v) is 9.17. The molecule has 0 saturated heterocycles. The molecule has 0 heterocycles. The van der Waals surface area contributed by atoms with E-state index >= 15 is 0 Å². The second kappa shape index (κ2) is 8.09. The highest BCUT2D eigenvalue weighted by Crippen LogP contribution is 2.25. The highest BCUT2D eigenvalue weighted by molar-refractivity contribution is 6.14. The minimum Gasteiger partial charge on any atom is -0.311 e. The van der Waals surface area contributed by atoms with Crippen molar-refractivity contribution in [3.05, 3.63) is 95.1 Å². The summed E-state index contributed by atoms with van der Waals surface area (Å²) in [6, 6.07) is 22.4. The van der Waals surface area contributed by atoms with Gasteiger partial charge in [-0.05, 0) is 55.3 Å². The summed E-state index contributed by atoms with van der Waals surface area (Å²) in [7, 11) is 3.45. The van der Waals surface area contributed by atoms with E-state index in [1.807, 2.05) is 68.4 Å². The summed E-state index contributed by atoms with van der Waals surface area (Å²) in [6.45, 7) is 3.90. The molecule has 0 N–H and O–H groups in total. The number of carbonyl (C=O) groups excluding carboxylic acids is 2. The van der Waals surface area contributed by atoms with E-state index in [9.17, 15) is 9.59 Å². The molecular formula is C24H24N2O2. The topological polar surface area (TPSA) is 40.6 Å². The second-order valence-corrected chi connectivity index (χ2v) is 6.90. The van der Waals surface area contributed by atoms with Gasteiger partial charge in [0.2, 0.25) is 0 Å². The Labute approximate surface area is 166 Å². The Morgan fingerprint density at radius 3 is 1.96 bits per heavy atom. The summed E-state index contributed by atoms with van der Waals surface area (Å²) >= 11 is 0. The van der Waals surface area contributed by atoms with E-state index in [-0.39, 0.29) is 11.8 Å². The van der Waals surface area contributed by atoms with Crippen LogP contribution in [-0.4, -0.2) is 25.9 Å². The van der Waals surface area contributed by atoms with E-state index in [1.54, 1.807) is 42.1 Å². The molecule has 3 aromatic rings. The highest BCUT2D eigenvalue weighted by atomic mass is 16.2. The smallest absolute Gasteiger partial charge is 0.260 e. The number of para-hydroxylation sites is 1. The van der Waals surface area contributed by atoms with E-state index in [4.69, 9.17) is 0 Å². The van der Waals surface area contributed by atoms with Gasteiger partial charge in [-0.3, -0.25) is 9.59 Å². The summed E-state index contributed by atoms with van der Waals surface area (Å²) in [5, 5.41) is 0. The van der Waals surface area contributed by atoms with Gasteiger partial charge in [-0.2, -0.15) is 0 Å². The van der Waals surface area contributed by atoms with Crippen LogP contribution in [0.2, 0.25) is 0 Å². The van der Waals surface area contributed by atoms with Crippen molar-refractivity contribution < 1.29 is 9.59 Å². The van der Waals surface area contributed by atoms with Crippen LogP contribution in [0.3, 0.4) is 0 Å². The average molecular weight is 372 g/mol. The van der Waals surface area contributed by atoms with Crippen molar-refractivity contribution in [2.75, 3.05) is 23.9 Å². The Hall–Kier alpha value is -3.40. The Morgan fingerprint density at radius 2 is 1.29 bits per heavy atom. The number of rotatable bonds is 4. The molecule has 0 bridgehead atoms. The molecule has 0 unspecified atom stereocenters. The van der Waals surface area contributed by atoms with Crippen molar-refractivity contribution >= 4 is 23.2 Å². The lowest BCUT2D eigenvalue weighted by Gasteiger charge is -2.24. The molecule has 4 nitrogen and oxygen atoms in total. The van der Waals surface area contributed by atoms with Gasteiger partial charge in [0.15, 0.2) is 0 Å². The zero-order chi connectivity index (χ0) is 20.3. The van der Waals surface area contributed by atoms with Crippen LogP contribution in [0.1, 0.15) is 31.8 Å². The molecule has 3 aromatic carbocycles. The van der Waals surface area contributed by atoms with E-state index in [1.165, 1.54) is 0 Å². The first-order valence-electron chi connectivity index (χ1n) is 9.17. The third kappa shape index (κ3) is 3.81. The molecule has 2 amide bonds. The van der Waals surface area contributed by atoms with Crippen molar-refractivity contribution in [1.82, 2.24) is 0 Å². The van der Waals surface area contributed by atoms with Gasteiger partial charge in [0.1, 0.15) is 0 Å². The van der Waals surface area contributed by atoms with Gasteiger partial charge in [0.25, 0.3) is 11.8 Å². The van der Waals surface area contributed by atoms with Gasteiger partial charge in [-0.15, -0.1) is 0 Å². The summed E-state index contributed by atoms with van der Waals surface area (Å²) < 4.78 is 0. The third-order valence-corrected chi connectivity index (χ3v) is 4.87. The number of hydrogen-bond acceptors (Lipinski definition) is 2. The van der Waals surface area contributed by atoms with E-state index < -0.39 is 0 Å². The monoisotopic (exact) mass is 372 g/mol. The number of nitrogens with zero attached hydrogens (tertiary/aromatic N) is 2. The predicted octanol–water partition coefficient (Wildman–Crippen LogP) is 4.86. The number of hydrogen-bond donors (Lipinski definition) is 0. The largest absolute Gasteiger partial charge is 0.311 e. The summed E-state index contributed by atoms with van der Waals surface area (Å²) in [6.07, 6.45) is 0. The van der Waals surface area contributed by atoms with Crippen LogP contribution in [0.15, 0.2) is 72.8 Å². The van der Waals surface area contributed by atoms with Gasteiger partial charge in [0.05, 0.1) is 11.3 Å². The fourth-order valence-corrected chi connectivity index (χ4v) is 3.18. The fraction of sp³-hybridized carbons (Fsp3) is 0.167. The van der Waals surface area contributed by atoms with Crippen LogP contribution in [0.5, 0.6) is 0 Å². The summed E-state index contributed by atoms with van der Waals surface area (Å²) in [5.74, 6) is -0.304. The van der Waals surface area contributed by atoms with Gasteiger partial charge in [0, 0.05) is 25.3 Å². The second-order valence-electron chi connectivity index (χ2n) is 6.90. The van der Waals surface area contributed by atoms with Crippen LogP contribution in [0, 0.1) is 13.8 Å². The lowest BCUT2D eigenvalue weighted by Crippen LogP contribution is -2.32. The summed E-state index contributed by atoms with van der Waals surface area (Å²) in [4.78, 5) is 29.4. The van der Waals surface area contributed by atoms with Crippen molar-refractivity contribution in [3.8, 4) is 0 Å². The van der Waals surface area contributed by atoms with E-state index in [0.717, 1.165) is 16.8 Å². The molecule has 0 fully saturated rings. The Bertz CT molecular complexity index is 1030. The van der Waals surface area contributed by atoms with Gasteiger partial charge >= 0.3 is 0 Å². The van der Waals surface area contributed by atoms with E-state index in [2.05, 4.69) is 0 Å². The molecule has 4 heteroatoms. The minimum atomic E-state index is -0.161. The maximum Gasteiger partial charge on any atom is 0.260 e. The quantitative estimate of drug-likeness (QED) is 0.656. The molecule has 28 heavy (non-hydrogen) atoms. The molecule has 0 saturated carbocycles. The molecule has 0 radical (unpaired) electrons. The molecule has 0 atom stereocenters. The number of amides is 2. The normalized spacial score (nSPS) is 10.4. The number of benzene rings is 3. The zero-order valence-corrected chi connectivity index (χ0v) is 16.6. The van der Waals surface area contributed by atoms with Crippen LogP contribution in [0.4, 0.5) is 11.4 Å². The molecule has 0 aliphatic heterocycles. The Kier molecular flexibility index (Phi) is 5.59. The van der Waals surface area contributed by atoms with Crippen molar-refractivity contribution in [2.24, 2.45) is 0 Å². The zero-order valence-electron chi connectivity index (χ0n) is 16.6. The first-order chi connectivity index (χ1) is 13.4. The SMILES string of the molecule is Cc1cccc(N(C)C(=O)c2ccccc2N(C)C(=O)c2ccccc2C)c1. The Morgan fingerprint density at radius 1 is 0.679 bits per heavy atom. The maximum atomic E-state index is 13.2. The number of carbonyl (C=O) groups is 2. The molecule has 0 aliphatic rings. The van der Waals surface area contributed by atoms with Gasteiger partial charge in [-0.25, -0.2) is 0 Å². The Balaban J connectivity index is 1.96. The lowest BCUT2D eigenvalue weighted by molar-refractivity contribution is 0.0990. The number of anilines is 2. The standard InChI is InChI=1S/C24H24N2O2/c1-17-10-9-12-19(16-17)25(3)24(28)21-14-7-8-15-22(21)26(4)23(27)20-13-6-5-11-18(20)2/h5-16H,1-4H3. The van der Waals surface area contributed by atoms with Crippen LogP contribution < -0.4 is 9.80 Å². The maximum absolute atomic E-state index is 13.2. The number of aryl methyl sites for hydroxylation is 2. The van der Waals surface area contributed by atoms with Crippen LogP contribution in [0.25, 0.3) is 0 Å². The van der Waals surface area contributed by atoms with Crippen molar-refractivity contribution in [1.29, 1.82) is 0 Å². The minimum absolute atomic E-state index is 0.142. The fourth-order valence-electron chi connectivity index (χ4n) is 3.18.